The van der Waals surface area contributed by atoms with Gasteiger partial charge in [-0.15, -0.1) is 0 Å². The van der Waals surface area contributed by atoms with Gasteiger partial charge in [0.1, 0.15) is 0 Å². The molecular formula is C16H19NO2S. The van der Waals surface area contributed by atoms with Crippen LogP contribution in [-0.2, 0) is 9.84 Å². The molecule has 2 aromatic rings. The third-order valence-corrected chi connectivity index (χ3v) is 6.17. The van der Waals surface area contributed by atoms with Crippen LogP contribution in [0.3, 0.4) is 0 Å². The minimum Gasteiger partial charge on any atom is -0.330 e. The van der Waals surface area contributed by atoms with E-state index in [-0.39, 0.29) is 11.2 Å². The van der Waals surface area contributed by atoms with Gasteiger partial charge in [-0.2, -0.15) is 0 Å². The van der Waals surface area contributed by atoms with E-state index in [4.69, 9.17) is 5.73 Å². The van der Waals surface area contributed by atoms with E-state index in [0.717, 1.165) is 30.0 Å². The lowest BCUT2D eigenvalue weighted by atomic mass is 10.1. The lowest BCUT2D eigenvalue weighted by molar-refractivity contribution is 0.510. The lowest BCUT2D eigenvalue weighted by Crippen LogP contribution is -2.20. The molecule has 0 saturated heterocycles. The van der Waals surface area contributed by atoms with Gasteiger partial charge in [0.15, 0.2) is 9.84 Å². The van der Waals surface area contributed by atoms with Crippen LogP contribution >= 0.6 is 0 Å². The van der Waals surface area contributed by atoms with Crippen LogP contribution in [0.5, 0.6) is 0 Å². The Morgan fingerprint density at radius 1 is 1.05 bits per heavy atom. The van der Waals surface area contributed by atoms with Gasteiger partial charge >= 0.3 is 0 Å². The van der Waals surface area contributed by atoms with Crippen LogP contribution < -0.4 is 5.73 Å². The maximum Gasteiger partial charge on any atom is 0.178 e. The molecule has 1 fully saturated rings. The molecule has 2 aromatic carbocycles. The van der Waals surface area contributed by atoms with Gasteiger partial charge in [0.05, 0.1) is 10.6 Å². The summed E-state index contributed by atoms with van der Waals surface area (Å²) < 4.78 is 25.1. The Balaban J connectivity index is 1.93. The van der Waals surface area contributed by atoms with Crippen molar-refractivity contribution in [2.75, 3.05) is 12.3 Å². The van der Waals surface area contributed by atoms with Crippen molar-refractivity contribution in [3.8, 4) is 0 Å². The maximum absolute atomic E-state index is 12.6. The monoisotopic (exact) mass is 289 g/mol. The Bertz CT molecular complexity index is 733. The van der Waals surface area contributed by atoms with Crippen molar-refractivity contribution in [3.63, 3.8) is 0 Å². The summed E-state index contributed by atoms with van der Waals surface area (Å²) in [5, 5.41) is 2.03. The van der Waals surface area contributed by atoms with Crippen LogP contribution in [0.4, 0.5) is 0 Å². The second-order valence-electron chi connectivity index (χ2n) is 5.81. The smallest absolute Gasteiger partial charge is 0.178 e. The Hall–Kier alpha value is -1.39. The fourth-order valence-electron chi connectivity index (χ4n) is 2.80. The fraction of sp³-hybridized carbons (Fsp3) is 0.375. The molecule has 3 rings (SSSR count). The fourth-order valence-corrected chi connectivity index (χ4v) is 4.78. The molecule has 4 heteroatoms. The number of nitrogens with two attached hydrogens (primary N) is 1. The standard InChI is InChI=1S/C16H19NO2S/c17-10-9-16(7-8-16)12-20(18,19)15-6-5-13-3-1-2-4-14(13)11-15/h1-6,11H,7-10,12,17H2. The van der Waals surface area contributed by atoms with E-state index in [0.29, 0.717) is 11.4 Å². The number of hydrogen-bond acceptors (Lipinski definition) is 3. The minimum absolute atomic E-state index is 0.0563. The zero-order chi connectivity index (χ0) is 14.2. The summed E-state index contributed by atoms with van der Waals surface area (Å²) in [6, 6.07) is 13.2. The summed E-state index contributed by atoms with van der Waals surface area (Å²) in [5.41, 5.74) is 5.54. The first-order valence-corrected chi connectivity index (χ1v) is 8.62. The zero-order valence-electron chi connectivity index (χ0n) is 11.4. The number of benzene rings is 2. The van der Waals surface area contributed by atoms with Gasteiger partial charge < -0.3 is 5.73 Å². The third kappa shape index (κ3) is 2.58. The molecule has 0 amide bonds. The van der Waals surface area contributed by atoms with Crippen LogP contribution in [0, 0.1) is 5.41 Å². The second-order valence-corrected chi connectivity index (χ2v) is 7.80. The molecule has 106 valence electrons. The van der Waals surface area contributed by atoms with Crippen LogP contribution in [0.1, 0.15) is 19.3 Å². The molecule has 0 aliphatic heterocycles. The highest BCUT2D eigenvalue weighted by Crippen LogP contribution is 2.50. The summed E-state index contributed by atoms with van der Waals surface area (Å²) >= 11 is 0. The number of hydrogen-bond donors (Lipinski definition) is 1. The van der Waals surface area contributed by atoms with E-state index in [9.17, 15) is 8.42 Å². The largest absolute Gasteiger partial charge is 0.330 e. The normalized spacial score (nSPS) is 17.2. The Kier molecular flexibility index (Phi) is 3.30. The molecule has 0 bridgehead atoms. The highest BCUT2D eigenvalue weighted by Gasteiger charge is 2.45. The first-order chi connectivity index (χ1) is 9.55. The molecule has 20 heavy (non-hydrogen) atoms. The number of fused-ring (bicyclic) bond motifs is 1. The lowest BCUT2D eigenvalue weighted by Gasteiger charge is -2.14. The molecule has 0 unspecified atom stereocenters. The van der Waals surface area contributed by atoms with E-state index in [2.05, 4.69) is 0 Å². The van der Waals surface area contributed by atoms with Gasteiger partial charge in [-0.3, -0.25) is 0 Å². The summed E-state index contributed by atoms with van der Waals surface area (Å²) in [6.45, 7) is 0.563. The molecule has 1 aliphatic carbocycles. The van der Waals surface area contributed by atoms with E-state index >= 15 is 0 Å². The molecule has 0 aromatic heterocycles. The quantitative estimate of drug-likeness (QED) is 0.920. The van der Waals surface area contributed by atoms with Crippen molar-refractivity contribution in [2.24, 2.45) is 11.1 Å². The summed E-state index contributed by atoms with van der Waals surface area (Å²) in [4.78, 5) is 0.430. The summed E-state index contributed by atoms with van der Waals surface area (Å²) in [6.07, 6.45) is 2.77. The molecule has 3 nitrogen and oxygen atoms in total. The average molecular weight is 289 g/mol. The Morgan fingerprint density at radius 3 is 2.40 bits per heavy atom. The average Bonchev–Trinajstić information content (AvgIpc) is 3.17. The molecule has 1 saturated carbocycles. The van der Waals surface area contributed by atoms with Gasteiger partial charge in [-0.05, 0) is 54.1 Å². The second kappa shape index (κ2) is 4.86. The summed E-state index contributed by atoms with van der Waals surface area (Å²) in [7, 11) is -3.22. The van der Waals surface area contributed by atoms with Crippen LogP contribution in [0.15, 0.2) is 47.4 Å². The maximum atomic E-state index is 12.6. The van der Waals surface area contributed by atoms with Crippen LogP contribution in [0.2, 0.25) is 0 Å². The number of rotatable bonds is 5. The Morgan fingerprint density at radius 2 is 1.75 bits per heavy atom. The highest BCUT2D eigenvalue weighted by atomic mass is 32.2. The molecule has 2 N–H and O–H groups in total. The third-order valence-electron chi connectivity index (χ3n) is 4.21. The van der Waals surface area contributed by atoms with Gasteiger partial charge in [0.2, 0.25) is 0 Å². The van der Waals surface area contributed by atoms with Gasteiger partial charge in [0.25, 0.3) is 0 Å². The van der Waals surface area contributed by atoms with E-state index in [1.54, 1.807) is 12.1 Å². The molecule has 0 atom stereocenters. The first kappa shape index (κ1) is 13.6. The van der Waals surface area contributed by atoms with E-state index in [1.165, 1.54) is 0 Å². The predicted molar refractivity (Wildman–Crippen MR) is 81.3 cm³/mol. The molecule has 0 radical (unpaired) electrons. The Labute approximate surface area is 119 Å². The number of sulfone groups is 1. The molecule has 1 aliphatic rings. The topological polar surface area (TPSA) is 60.2 Å². The SMILES string of the molecule is NCCC1(CS(=O)(=O)c2ccc3ccccc3c2)CC1. The van der Waals surface area contributed by atoms with Crippen molar-refractivity contribution in [2.45, 2.75) is 24.2 Å². The molecule has 0 heterocycles. The van der Waals surface area contributed by atoms with Gasteiger partial charge in [-0.1, -0.05) is 30.3 Å². The zero-order valence-corrected chi connectivity index (χ0v) is 12.2. The van der Waals surface area contributed by atoms with Gasteiger partial charge in [-0.25, -0.2) is 8.42 Å². The highest BCUT2D eigenvalue weighted by molar-refractivity contribution is 7.91. The summed E-state index contributed by atoms with van der Waals surface area (Å²) in [5.74, 6) is 0.232. The predicted octanol–water partition coefficient (Wildman–Crippen LogP) is 2.74. The van der Waals surface area contributed by atoms with Crippen LogP contribution in [0.25, 0.3) is 10.8 Å². The first-order valence-electron chi connectivity index (χ1n) is 6.96. The van der Waals surface area contributed by atoms with E-state index in [1.807, 2.05) is 30.3 Å². The van der Waals surface area contributed by atoms with Crippen molar-refractivity contribution in [3.05, 3.63) is 42.5 Å². The van der Waals surface area contributed by atoms with Crippen molar-refractivity contribution < 1.29 is 8.42 Å². The van der Waals surface area contributed by atoms with E-state index < -0.39 is 9.84 Å². The molecule has 0 spiro atoms. The van der Waals surface area contributed by atoms with Crippen LogP contribution in [-0.4, -0.2) is 20.7 Å². The van der Waals surface area contributed by atoms with Crippen molar-refractivity contribution >= 4 is 20.6 Å². The molecular weight excluding hydrogens is 270 g/mol. The van der Waals surface area contributed by atoms with Gasteiger partial charge in [0, 0.05) is 0 Å². The minimum atomic E-state index is -3.22. The van der Waals surface area contributed by atoms with Crippen molar-refractivity contribution in [1.82, 2.24) is 0 Å². The van der Waals surface area contributed by atoms with Crippen molar-refractivity contribution in [1.29, 1.82) is 0 Å².